The number of nitrogens with zero attached hydrogens (tertiary/aromatic N) is 1. The maximum Gasteiger partial charge on any atom is 0.272 e. The van der Waals surface area contributed by atoms with Gasteiger partial charge in [-0.25, -0.2) is 4.98 Å². The highest BCUT2D eigenvalue weighted by atomic mass is 35.5. The Kier molecular flexibility index (Phi) is 9.10. The maximum atomic E-state index is 13.3. The Morgan fingerprint density at radius 2 is 1.61 bits per heavy atom. The number of amides is 3. The van der Waals surface area contributed by atoms with E-state index in [1.54, 1.807) is 72.8 Å². The number of thioether (sulfide) groups is 1. The summed E-state index contributed by atoms with van der Waals surface area (Å²) < 4.78 is 1.00. The topological polar surface area (TPSA) is 100 Å². The third-order valence-electron chi connectivity index (χ3n) is 5.71. The molecule has 0 saturated carbocycles. The molecule has 0 bridgehead atoms. The first-order chi connectivity index (χ1) is 19.9. The van der Waals surface area contributed by atoms with Crippen LogP contribution in [-0.4, -0.2) is 28.5 Å². The fourth-order valence-electron chi connectivity index (χ4n) is 3.76. The largest absolute Gasteiger partial charge is 0.321 e. The van der Waals surface area contributed by atoms with E-state index < -0.39 is 11.8 Å². The van der Waals surface area contributed by atoms with E-state index in [4.69, 9.17) is 11.6 Å². The van der Waals surface area contributed by atoms with Gasteiger partial charge in [0.2, 0.25) is 5.91 Å². The zero-order valence-corrected chi connectivity index (χ0v) is 23.9. The minimum atomic E-state index is -0.500. The summed E-state index contributed by atoms with van der Waals surface area (Å²) in [4.78, 5) is 43.9. The molecule has 4 aromatic carbocycles. The number of benzene rings is 4. The molecule has 0 aliphatic heterocycles. The molecule has 5 aromatic rings. The smallest absolute Gasteiger partial charge is 0.272 e. The van der Waals surface area contributed by atoms with Crippen molar-refractivity contribution in [2.45, 2.75) is 4.90 Å². The molecule has 0 atom stereocenters. The highest BCUT2D eigenvalue weighted by Gasteiger charge is 2.16. The van der Waals surface area contributed by atoms with Gasteiger partial charge in [-0.3, -0.25) is 14.4 Å². The molecule has 3 amide bonds. The highest BCUT2D eigenvalue weighted by Crippen LogP contribution is 2.26. The Morgan fingerprint density at radius 3 is 2.39 bits per heavy atom. The third-order valence-corrected chi connectivity index (χ3v) is 7.91. The van der Waals surface area contributed by atoms with Crippen LogP contribution in [-0.2, 0) is 9.59 Å². The molecule has 1 aromatic heterocycles. The Morgan fingerprint density at radius 1 is 0.854 bits per heavy atom. The molecular formula is C31H23ClN4O3S2. The molecule has 7 nitrogen and oxygen atoms in total. The first-order valence-electron chi connectivity index (χ1n) is 12.5. The fraction of sp³-hybridized carbons (Fsp3) is 0.0323. The van der Waals surface area contributed by atoms with E-state index in [9.17, 15) is 14.4 Å². The summed E-state index contributed by atoms with van der Waals surface area (Å²) >= 11 is 8.75. The van der Waals surface area contributed by atoms with Crippen LogP contribution in [0.2, 0.25) is 5.02 Å². The van der Waals surface area contributed by atoms with Gasteiger partial charge in [-0.05, 0) is 66.2 Å². The monoisotopic (exact) mass is 598 g/mol. The van der Waals surface area contributed by atoms with E-state index in [-0.39, 0.29) is 17.4 Å². The van der Waals surface area contributed by atoms with Crippen LogP contribution in [0.15, 0.2) is 114 Å². The zero-order chi connectivity index (χ0) is 28.6. The third kappa shape index (κ3) is 7.82. The van der Waals surface area contributed by atoms with Gasteiger partial charge in [0.05, 0.1) is 16.0 Å². The minimum Gasteiger partial charge on any atom is -0.321 e. The number of aromatic nitrogens is 1. The molecule has 3 N–H and O–H groups in total. The lowest BCUT2D eigenvalue weighted by atomic mass is 10.1. The van der Waals surface area contributed by atoms with Gasteiger partial charge in [-0.15, -0.1) is 11.8 Å². The van der Waals surface area contributed by atoms with Crippen LogP contribution < -0.4 is 16.0 Å². The lowest BCUT2D eigenvalue weighted by Gasteiger charge is -2.12. The number of fused-ring (bicyclic) bond motifs is 1. The lowest BCUT2D eigenvalue weighted by Crippen LogP contribution is -2.30. The van der Waals surface area contributed by atoms with Gasteiger partial charge in [0.15, 0.2) is 5.13 Å². The first kappa shape index (κ1) is 28.1. The van der Waals surface area contributed by atoms with E-state index in [1.165, 1.54) is 23.1 Å². The molecule has 5 rings (SSSR count). The second-order valence-electron chi connectivity index (χ2n) is 8.74. The van der Waals surface area contributed by atoms with Crippen molar-refractivity contribution in [1.82, 2.24) is 10.3 Å². The number of rotatable bonds is 9. The van der Waals surface area contributed by atoms with Gasteiger partial charge in [0, 0.05) is 21.2 Å². The number of hydrogen-bond donors (Lipinski definition) is 3. The Bertz CT molecular complexity index is 1700. The number of nitrogens with one attached hydrogen (secondary N) is 3. The van der Waals surface area contributed by atoms with E-state index in [2.05, 4.69) is 20.9 Å². The molecular weight excluding hydrogens is 576 g/mol. The number of anilines is 2. The van der Waals surface area contributed by atoms with Gasteiger partial charge >= 0.3 is 0 Å². The van der Waals surface area contributed by atoms with Crippen molar-refractivity contribution >= 4 is 79.5 Å². The molecule has 0 aliphatic carbocycles. The maximum absolute atomic E-state index is 13.3. The van der Waals surface area contributed by atoms with Crippen LogP contribution in [0.1, 0.15) is 15.9 Å². The molecule has 41 heavy (non-hydrogen) atoms. The SMILES string of the molecule is O=C(CSc1cccc(NC(=O)/C(=C/c2ccc(Cl)cc2)NC(=O)c2ccccc2)c1)Nc1nc2ccccc2s1. The van der Waals surface area contributed by atoms with Crippen LogP contribution in [0.4, 0.5) is 10.8 Å². The quantitative estimate of drug-likeness (QED) is 0.124. The summed E-state index contributed by atoms with van der Waals surface area (Å²) in [6, 6.07) is 30.4. The normalized spacial score (nSPS) is 11.2. The van der Waals surface area contributed by atoms with Crippen molar-refractivity contribution in [3.8, 4) is 0 Å². The number of hydrogen-bond acceptors (Lipinski definition) is 6. The molecule has 0 radical (unpaired) electrons. The van der Waals surface area contributed by atoms with Gasteiger partial charge in [0.1, 0.15) is 5.70 Å². The van der Waals surface area contributed by atoms with Crippen LogP contribution >= 0.6 is 34.7 Å². The van der Waals surface area contributed by atoms with Crippen LogP contribution in [0, 0.1) is 0 Å². The fourth-order valence-corrected chi connectivity index (χ4v) is 5.52. The van der Waals surface area contributed by atoms with Gasteiger partial charge in [-0.2, -0.15) is 0 Å². The van der Waals surface area contributed by atoms with E-state index in [1.807, 2.05) is 36.4 Å². The summed E-state index contributed by atoms with van der Waals surface area (Å²) in [5.74, 6) is -0.924. The average Bonchev–Trinajstić information content (AvgIpc) is 3.39. The number of para-hydroxylation sites is 1. The Balaban J connectivity index is 1.25. The van der Waals surface area contributed by atoms with E-state index in [0.29, 0.717) is 27.0 Å². The van der Waals surface area contributed by atoms with Gasteiger partial charge in [0.25, 0.3) is 11.8 Å². The van der Waals surface area contributed by atoms with Crippen molar-refractivity contribution in [2.24, 2.45) is 0 Å². The van der Waals surface area contributed by atoms with Crippen molar-refractivity contribution in [1.29, 1.82) is 0 Å². The molecule has 204 valence electrons. The first-order valence-corrected chi connectivity index (χ1v) is 14.6. The van der Waals surface area contributed by atoms with E-state index >= 15 is 0 Å². The highest BCUT2D eigenvalue weighted by molar-refractivity contribution is 8.00. The summed E-state index contributed by atoms with van der Waals surface area (Å²) in [6.45, 7) is 0. The Labute approximate surface area is 249 Å². The summed E-state index contributed by atoms with van der Waals surface area (Å²) in [7, 11) is 0. The molecule has 0 fully saturated rings. The summed E-state index contributed by atoms with van der Waals surface area (Å²) in [5.41, 5.74) is 2.53. The van der Waals surface area contributed by atoms with Crippen molar-refractivity contribution in [3.05, 3.63) is 125 Å². The van der Waals surface area contributed by atoms with Crippen LogP contribution in [0.5, 0.6) is 0 Å². The zero-order valence-electron chi connectivity index (χ0n) is 21.5. The lowest BCUT2D eigenvalue weighted by molar-refractivity contribution is -0.114. The van der Waals surface area contributed by atoms with Gasteiger partial charge in [-0.1, -0.05) is 71.5 Å². The van der Waals surface area contributed by atoms with Crippen LogP contribution in [0.25, 0.3) is 16.3 Å². The molecule has 10 heteroatoms. The number of carbonyl (C=O) groups is 3. The molecule has 1 heterocycles. The Hall–Kier alpha value is -4.44. The number of halogens is 1. The summed E-state index contributed by atoms with van der Waals surface area (Å²) in [6.07, 6.45) is 1.58. The van der Waals surface area contributed by atoms with Crippen molar-refractivity contribution in [3.63, 3.8) is 0 Å². The average molecular weight is 599 g/mol. The predicted octanol–water partition coefficient (Wildman–Crippen LogP) is 7.09. The minimum absolute atomic E-state index is 0.0643. The summed E-state index contributed by atoms with van der Waals surface area (Å²) in [5, 5.41) is 9.52. The molecule has 0 spiro atoms. The van der Waals surface area contributed by atoms with Crippen molar-refractivity contribution in [2.75, 3.05) is 16.4 Å². The number of thiazole rings is 1. The van der Waals surface area contributed by atoms with Gasteiger partial charge < -0.3 is 16.0 Å². The van der Waals surface area contributed by atoms with Crippen molar-refractivity contribution < 1.29 is 14.4 Å². The standard InChI is InChI=1S/C31H23ClN4O3S2/c32-22-15-13-20(14-16-22)17-26(34-29(38)21-7-2-1-3-8-21)30(39)33-23-9-6-10-24(18-23)40-19-28(37)36-31-35-25-11-4-5-12-27(25)41-31/h1-18H,19H2,(H,33,39)(H,34,38)(H,35,36,37)/b26-17-. The van der Waals surface area contributed by atoms with Crippen LogP contribution in [0.3, 0.4) is 0 Å². The van der Waals surface area contributed by atoms with E-state index in [0.717, 1.165) is 15.1 Å². The second-order valence-corrected chi connectivity index (χ2v) is 11.3. The predicted molar refractivity (Wildman–Crippen MR) is 167 cm³/mol. The molecule has 0 unspecified atom stereocenters. The number of carbonyl (C=O) groups excluding carboxylic acids is 3. The molecule has 0 saturated heterocycles. The molecule has 0 aliphatic rings. The second kappa shape index (κ2) is 13.3.